The first-order valence-electron chi connectivity index (χ1n) is 11.5. The van der Waals surface area contributed by atoms with Gasteiger partial charge in [0.05, 0.1) is 16.3 Å². The molecule has 0 saturated carbocycles. The van der Waals surface area contributed by atoms with Crippen molar-refractivity contribution >= 4 is 38.2 Å². The number of sulfonamides is 1. The van der Waals surface area contributed by atoms with Crippen LogP contribution in [0.5, 0.6) is 0 Å². The van der Waals surface area contributed by atoms with Crippen molar-refractivity contribution < 1.29 is 13.2 Å². The first-order valence-corrected chi connectivity index (χ1v) is 13.1. The summed E-state index contributed by atoms with van der Waals surface area (Å²) in [6, 6.07) is 22.6. The standard InChI is InChI=1S/C27H24N6O3S/c1-2-19-15-24(33(32-19)21-12-9-18-13-14-30-26(28)23(18)16-21)27(34)31-20-10-7-17(8-11-20)22-5-3-4-6-25(22)37(29,35)36/h3-16H,2H2,1H3,(H2,28,30)(H,31,34)(H2,29,35,36). The highest BCUT2D eigenvalue weighted by Gasteiger charge is 2.18. The summed E-state index contributed by atoms with van der Waals surface area (Å²) < 4.78 is 25.5. The normalized spacial score (nSPS) is 11.5. The average molecular weight is 513 g/mol. The van der Waals surface area contributed by atoms with E-state index in [1.165, 1.54) is 6.07 Å². The first-order chi connectivity index (χ1) is 17.7. The highest BCUT2D eigenvalue weighted by Crippen LogP contribution is 2.28. The fourth-order valence-corrected chi connectivity index (χ4v) is 4.91. The maximum absolute atomic E-state index is 13.3. The predicted octanol–water partition coefficient (Wildman–Crippen LogP) is 4.13. The van der Waals surface area contributed by atoms with Gasteiger partial charge in [0.15, 0.2) is 0 Å². The summed E-state index contributed by atoms with van der Waals surface area (Å²) in [4.78, 5) is 17.5. The molecular formula is C27H24N6O3S. The van der Waals surface area contributed by atoms with Gasteiger partial charge in [-0.15, -0.1) is 0 Å². The Morgan fingerprint density at radius 3 is 2.49 bits per heavy atom. The van der Waals surface area contributed by atoms with Crippen molar-refractivity contribution in [2.24, 2.45) is 5.14 Å². The van der Waals surface area contributed by atoms with E-state index in [1.54, 1.807) is 59.4 Å². The van der Waals surface area contributed by atoms with E-state index < -0.39 is 10.0 Å². The summed E-state index contributed by atoms with van der Waals surface area (Å²) in [5, 5.41) is 14.6. The number of nitrogens with zero attached hydrogens (tertiary/aromatic N) is 3. The van der Waals surface area contributed by atoms with Gasteiger partial charge in [-0.2, -0.15) is 5.10 Å². The van der Waals surface area contributed by atoms with Crippen LogP contribution in [0.1, 0.15) is 23.1 Å². The van der Waals surface area contributed by atoms with E-state index in [0.717, 1.165) is 16.5 Å². The Balaban J connectivity index is 1.45. The number of carbonyl (C=O) groups excluding carboxylic acids is 1. The third-order valence-electron chi connectivity index (χ3n) is 6.03. The zero-order valence-corrected chi connectivity index (χ0v) is 20.7. The lowest BCUT2D eigenvalue weighted by atomic mass is 10.1. The van der Waals surface area contributed by atoms with Crippen LogP contribution in [0.3, 0.4) is 0 Å². The Labute approximate surface area is 213 Å². The van der Waals surface area contributed by atoms with Gasteiger partial charge in [0, 0.05) is 22.8 Å². The number of pyridine rings is 1. The second-order valence-corrected chi connectivity index (χ2v) is 9.99. The van der Waals surface area contributed by atoms with E-state index in [9.17, 15) is 13.2 Å². The topological polar surface area (TPSA) is 146 Å². The van der Waals surface area contributed by atoms with Crippen molar-refractivity contribution in [1.82, 2.24) is 14.8 Å². The van der Waals surface area contributed by atoms with Crippen LogP contribution in [0.2, 0.25) is 0 Å². The third-order valence-corrected chi connectivity index (χ3v) is 7.00. The number of hydrogen-bond donors (Lipinski definition) is 3. The van der Waals surface area contributed by atoms with Crippen molar-refractivity contribution in [3.05, 3.63) is 96.4 Å². The molecule has 5 N–H and O–H groups in total. The highest BCUT2D eigenvalue weighted by molar-refractivity contribution is 7.89. The molecule has 5 aromatic rings. The summed E-state index contributed by atoms with van der Waals surface area (Å²) in [5.74, 6) is 0.0569. The van der Waals surface area contributed by atoms with Gasteiger partial charge in [0.1, 0.15) is 11.5 Å². The van der Waals surface area contributed by atoms with Gasteiger partial charge in [-0.05, 0) is 59.8 Å². The molecule has 0 spiro atoms. The van der Waals surface area contributed by atoms with Crippen molar-refractivity contribution in [1.29, 1.82) is 0 Å². The minimum Gasteiger partial charge on any atom is -0.383 e. The largest absolute Gasteiger partial charge is 0.383 e. The van der Waals surface area contributed by atoms with Gasteiger partial charge >= 0.3 is 0 Å². The van der Waals surface area contributed by atoms with Gasteiger partial charge in [-0.25, -0.2) is 23.2 Å². The van der Waals surface area contributed by atoms with Crippen LogP contribution in [-0.4, -0.2) is 29.1 Å². The molecular weight excluding hydrogens is 488 g/mol. The molecule has 0 fully saturated rings. The maximum Gasteiger partial charge on any atom is 0.274 e. The number of rotatable bonds is 6. The number of nitrogen functional groups attached to an aromatic ring is 1. The smallest absolute Gasteiger partial charge is 0.274 e. The number of nitrogens with one attached hydrogen (secondary N) is 1. The molecule has 37 heavy (non-hydrogen) atoms. The minimum absolute atomic E-state index is 0.0361. The summed E-state index contributed by atoms with van der Waals surface area (Å²) in [5.41, 5.74) is 9.56. The summed E-state index contributed by atoms with van der Waals surface area (Å²) in [6.45, 7) is 1.97. The van der Waals surface area contributed by atoms with Crippen LogP contribution in [0.4, 0.5) is 11.5 Å². The number of nitrogens with two attached hydrogens (primary N) is 2. The summed E-state index contributed by atoms with van der Waals surface area (Å²) >= 11 is 0. The predicted molar refractivity (Wildman–Crippen MR) is 144 cm³/mol. The fourth-order valence-electron chi connectivity index (χ4n) is 4.15. The molecule has 0 atom stereocenters. The second kappa shape index (κ2) is 9.49. The Hall–Kier alpha value is -4.54. The van der Waals surface area contributed by atoms with E-state index in [2.05, 4.69) is 15.4 Å². The quantitative estimate of drug-likeness (QED) is 0.312. The number of aromatic nitrogens is 3. The molecule has 10 heteroatoms. The van der Waals surface area contributed by atoms with E-state index in [1.807, 2.05) is 31.2 Å². The second-order valence-electron chi connectivity index (χ2n) is 8.46. The number of carbonyl (C=O) groups is 1. The van der Waals surface area contributed by atoms with Gasteiger partial charge < -0.3 is 11.1 Å². The SMILES string of the molecule is CCc1cc(C(=O)Nc2ccc(-c3ccccc3S(N)(=O)=O)cc2)n(-c2ccc3ccnc(N)c3c2)n1. The minimum atomic E-state index is -3.89. The Kier molecular flexibility index (Phi) is 6.20. The van der Waals surface area contributed by atoms with Crippen molar-refractivity contribution in [3.8, 4) is 16.8 Å². The van der Waals surface area contributed by atoms with Crippen molar-refractivity contribution in [3.63, 3.8) is 0 Å². The van der Waals surface area contributed by atoms with E-state index in [4.69, 9.17) is 10.9 Å². The highest BCUT2D eigenvalue weighted by atomic mass is 32.2. The Bertz CT molecular complexity index is 1740. The van der Waals surface area contributed by atoms with Crippen LogP contribution >= 0.6 is 0 Å². The summed E-state index contributed by atoms with van der Waals surface area (Å²) in [6.07, 6.45) is 2.31. The van der Waals surface area contributed by atoms with Gasteiger partial charge in [0.2, 0.25) is 10.0 Å². The van der Waals surface area contributed by atoms with E-state index >= 15 is 0 Å². The first kappa shape index (κ1) is 24.2. The van der Waals surface area contributed by atoms with Crippen LogP contribution in [0.25, 0.3) is 27.6 Å². The van der Waals surface area contributed by atoms with E-state index in [0.29, 0.717) is 40.4 Å². The van der Waals surface area contributed by atoms with Gasteiger partial charge in [-0.3, -0.25) is 4.79 Å². The van der Waals surface area contributed by atoms with Crippen molar-refractivity contribution in [2.45, 2.75) is 18.2 Å². The molecule has 3 aromatic carbocycles. The Morgan fingerprint density at radius 1 is 1.00 bits per heavy atom. The number of benzene rings is 3. The molecule has 0 radical (unpaired) electrons. The van der Waals surface area contributed by atoms with E-state index in [-0.39, 0.29) is 10.8 Å². The lowest BCUT2D eigenvalue weighted by Gasteiger charge is -2.11. The monoisotopic (exact) mass is 512 g/mol. The van der Waals surface area contributed by atoms with Crippen LogP contribution in [0, 0.1) is 0 Å². The molecule has 0 bridgehead atoms. The molecule has 9 nitrogen and oxygen atoms in total. The van der Waals surface area contributed by atoms with Crippen molar-refractivity contribution in [2.75, 3.05) is 11.1 Å². The number of anilines is 2. The van der Waals surface area contributed by atoms with Gasteiger partial charge in [0.25, 0.3) is 5.91 Å². The number of fused-ring (bicyclic) bond motifs is 1. The van der Waals surface area contributed by atoms with Crippen LogP contribution < -0.4 is 16.2 Å². The molecule has 0 aliphatic rings. The molecule has 0 unspecified atom stereocenters. The molecule has 5 rings (SSSR count). The number of primary sulfonamides is 1. The number of aryl methyl sites for hydroxylation is 1. The molecule has 0 aliphatic carbocycles. The number of hydrogen-bond acceptors (Lipinski definition) is 6. The lowest BCUT2D eigenvalue weighted by molar-refractivity contribution is 0.101. The molecule has 186 valence electrons. The third kappa shape index (κ3) is 4.80. The molecule has 2 aromatic heterocycles. The zero-order valence-electron chi connectivity index (χ0n) is 19.9. The Morgan fingerprint density at radius 2 is 1.76 bits per heavy atom. The molecule has 2 heterocycles. The molecule has 0 saturated heterocycles. The fraction of sp³-hybridized carbons (Fsp3) is 0.0741. The molecule has 1 amide bonds. The molecule has 0 aliphatic heterocycles. The van der Waals surface area contributed by atoms with Gasteiger partial charge in [-0.1, -0.05) is 43.3 Å². The number of amides is 1. The van der Waals surface area contributed by atoms with Crippen LogP contribution in [-0.2, 0) is 16.4 Å². The van der Waals surface area contributed by atoms with Crippen LogP contribution in [0.15, 0.2) is 90.0 Å². The summed E-state index contributed by atoms with van der Waals surface area (Å²) in [7, 11) is -3.89. The zero-order chi connectivity index (χ0) is 26.2. The average Bonchev–Trinajstić information content (AvgIpc) is 3.34. The maximum atomic E-state index is 13.3. The lowest BCUT2D eigenvalue weighted by Crippen LogP contribution is -2.17.